The molecule has 0 radical (unpaired) electrons. The molecule has 2 atom stereocenters. The smallest absolute Gasteiger partial charge is 0.395 e. The Kier molecular flexibility index (Phi) is 3.44. The number of anilines is 1. The Morgan fingerprint density at radius 2 is 1.95 bits per heavy atom. The first-order valence-corrected chi connectivity index (χ1v) is 7.24. The first-order chi connectivity index (χ1) is 9.57. The molecule has 1 aliphatic carbocycles. The molecule has 1 heterocycles. The van der Waals surface area contributed by atoms with Gasteiger partial charge in [-0.05, 0) is 30.9 Å². The van der Waals surface area contributed by atoms with E-state index in [1.807, 2.05) is 0 Å². The van der Waals surface area contributed by atoms with Crippen molar-refractivity contribution >= 4 is 5.69 Å². The molecule has 1 saturated carbocycles. The largest absolute Gasteiger partial charge is 0.586 e. The van der Waals surface area contributed by atoms with Gasteiger partial charge in [-0.1, -0.05) is 26.2 Å². The summed E-state index contributed by atoms with van der Waals surface area (Å²) < 4.78 is 34.8. The minimum atomic E-state index is -3.54. The highest BCUT2D eigenvalue weighted by molar-refractivity contribution is 5.56. The van der Waals surface area contributed by atoms with Crippen LogP contribution in [0, 0.1) is 5.92 Å². The van der Waals surface area contributed by atoms with E-state index in [4.69, 9.17) is 0 Å². The highest BCUT2D eigenvalue weighted by atomic mass is 19.3. The van der Waals surface area contributed by atoms with Gasteiger partial charge in [0.2, 0.25) is 0 Å². The SMILES string of the molecule is CCC1CCCCC1Nc1ccc2c(c1)OC(F)(F)O2. The van der Waals surface area contributed by atoms with Crippen molar-refractivity contribution < 1.29 is 18.3 Å². The molecule has 0 spiro atoms. The topological polar surface area (TPSA) is 30.5 Å². The van der Waals surface area contributed by atoms with E-state index >= 15 is 0 Å². The average molecular weight is 283 g/mol. The van der Waals surface area contributed by atoms with Crippen LogP contribution in [0.4, 0.5) is 14.5 Å². The number of fused-ring (bicyclic) bond motifs is 1. The lowest BCUT2D eigenvalue weighted by Gasteiger charge is -2.32. The quantitative estimate of drug-likeness (QED) is 0.892. The van der Waals surface area contributed by atoms with Gasteiger partial charge in [-0.15, -0.1) is 8.78 Å². The van der Waals surface area contributed by atoms with Crippen LogP contribution in [0.3, 0.4) is 0 Å². The molecule has 2 aliphatic rings. The summed E-state index contributed by atoms with van der Waals surface area (Å²) in [6.07, 6.45) is 2.46. The summed E-state index contributed by atoms with van der Waals surface area (Å²) in [7, 11) is 0. The molecule has 3 rings (SSSR count). The Morgan fingerprint density at radius 3 is 2.75 bits per heavy atom. The van der Waals surface area contributed by atoms with E-state index in [-0.39, 0.29) is 11.5 Å². The lowest BCUT2D eigenvalue weighted by Crippen LogP contribution is -2.31. The van der Waals surface area contributed by atoms with Crippen LogP contribution in [0.25, 0.3) is 0 Å². The standard InChI is InChI=1S/C15H19F2NO2/c1-2-10-5-3-4-6-12(10)18-11-7-8-13-14(9-11)20-15(16,17)19-13/h7-10,12,18H,2-6H2,1H3. The lowest BCUT2D eigenvalue weighted by molar-refractivity contribution is -0.286. The fraction of sp³-hybridized carbons (Fsp3) is 0.600. The molecule has 0 bridgehead atoms. The Bertz CT molecular complexity index is 493. The first kappa shape index (κ1) is 13.5. The van der Waals surface area contributed by atoms with Gasteiger partial charge in [-0.25, -0.2) is 0 Å². The molecule has 1 fully saturated rings. The van der Waals surface area contributed by atoms with Gasteiger partial charge in [-0.2, -0.15) is 0 Å². The van der Waals surface area contributed by atoms with Crippen molar-refractivity contribution in [2.45, 2.75) is 51.4 Å². The maximum Gasteiger partial charge on any atom is 0.586 e. The molecular weight excluding hydrogens is 264 g/mol. The Hall–Kier alpha value is -1.52. The third kappa shape index (κ3) is 2.67. The molecule has 5 heteroatoms. The summed E-state index contributed by atoms with van der Waals surface area (Å²) in [4.78, 5) is 0. The van der Waals surface area contributed by atoms with E-state index in [1.54, 1.807) is 12.1 Å². The molecule has 110 valence electrons. The highest BCUT2D eigenvalue weighted by Gasteiger charge is 2.43. The van der Waals surface area contributed by atoms with Crippen LogP contribution in [-0.4, -0.2) is 12.3 Å². The van der Waals surface area contributed by atoms with Crippen LogP contribution >= 0.6 is 0 Å². The van der Waals surface area contributed by atoms with Crippen LogP contribution in [0.1, 0.15) is 39.0 Å². The average Bonchev–Trinajstić information content (AvgIpc) is 2.72. The Morgan fingerprint density at radius 1 is 1.20 bits per heavy atom. The first-order valence-electron chi connectivity index (χ1n) is 7.24. The van der Waals surface area contributed by atoms with Gasteiger partial charge >= 0.3 is 6.29 Å². The second-order valence-corrected chi connectivity index (χ2v) is 5.53. The molecule has 0 aromatic heterocycles. The molecule has 20 heavy (non-hydrogen) atoms. The molecule has 1 N–H and O–H groups in total. The van der Waals surface area contributed by atoms with Crippen molar-refractivity contribution in [3.63, 3.8) is 0 Å². The Labute approximate surface area is 117 Å². The van der Waals surface area contributed by atoms with Crippen LogP contribution in [0.5, 0.6) is 11.5 Å². The highest BCUT2D eigenvalue weighted by Crippen LogP contribution is 2.42. The third-order valence-corrected chi connectivity index (χ3v) is 4.19. The number of nitrogens with one attached hydrogen (secondary N) is 1. The molecule has 3 nitrogen and oxygen atoms in total. The van der Waals surface area contributed by atoms with Crippen LogP contribution < -0.4 is 14.8 Å². The predicted octanol–water partition coefficient (Wildman–Crippen LogP) is 4.39. The van der Waals surface area contributed by atoms with Crippen LogP contribution in [-0.2, 0) is 0 Å². The summed E-state index contributed by atoms with van der Waals surface area (Å²) in [5.74, 6) is 0.843. The number of hydrogen-bond donors (Lipinski definition) is 1. The minimum Gasteiger partial charge on any atom is -0.395 e. The van der Waals surface area contributed by atoms with Crippen LogP contribution in [0.15, 0.2) is 18.2 Å². The number of halogens is 2. The zero-order valence-electron chi connectivity index (χ0n) is 11.5. The monoisotopic (exact) mass is 283 g/mol. The van der Waals surface area contributed by atoms with Gasteiger partial charge in [0.15, 0.2) is 11.5 Å². The summed E-state index contributed by atoms with van der Waals surface area (Å²) in [6.45, 7) is 2.20. The minimum absolute atomic E-state index is 0.0937. The number of benzene rings is 1. The van der Waals surface area contributed by atoms with Crippen molar-refractivity contribution in [2.24, 2.45) is 5.92 Å². The third-order valence-electron chi connectivity index (χ3n) is 4.19. The van der Waals surface area contributed by atoms with Crippen molar-refractivity contribution in [2.75, 3.05) is 5.32 Å². The maximum atomic E-state index is 13.0. The molecule has 0 amide bonds. The van der Waals surface area contributed by atoms with Gasteiger partial charge in [0.1, 0.15) is 0 Å². The summed E-state index contributed by atoms with van der Waals surface area (Å²) in [6, 6.07) is 5.31. The van der Waals surface area contributed by atoms with E-state index in [0.29, 0.717) is 12.0 Å². The zero-order chi connectivity index (χ0) is 14.2. The van der Waals surface area contributed by atoms with E-state index in [0.717, 1.165) is 18.5 Å². The Balaban J connectivity index is 1.73. The van der Waals surface area contributed by atoms with Crippen molar-refractivity contribution in [1.82, 2.24) is 0 Å². The number of hydrogen-bond acceptors (Lipinski definition) is 3. The summed E-state index contributed by atoms with van der Waals surface area (Å²) >= 11 is 0. The number of alkyl halides is 2. The van der Waals surface area contributed by atoms with Crippen molar-refractivity contribution in [3.05, 3.63) is 18.2 Å². The molecule has 0 saturated heterocycles. The lowest BCUT2D eigenvalue weighted by atomic mass is 9.83. The zero-order valence-corrected chi connectivity index (χ0v) is 11.5. The number of ether oxygens (including phenoxy) is 2. The van der Waals surface area contributed by atoms with E-state index in [1.165, 1.54) is 25.3 Å². The van der Waals surface area contributed by atoms with Gasteiger partial charge in [0.25, 0.3) is 0 Å². The molecule has 1 aromatic rings. The molecular formula is C15H19F2NO2. The van der Waals surface area contributed by atoms with Crippen LogP contribution in [0.2, 0.25) is 0 Å². The fourth-order valence-electron chi connectivity index (χ4n) is 3.14. The molecule has 1 aromatic carbocycles. The van der Waals surface area contributed by atoms with E-state index < -0.39 is 6.29 Å². The van der Waals surface area contributed by atoms with E-state index in [2.05, 4.69) is 21.7 Å². The maximum absolute atomic E-state index is 13.0. The van der Waals surface area contributed by atoms with Crippen molar-refractivity contribution in [1.29, 1.82) is 0 Å². The van der Waals surface area contributed by atoms with Gasteiger partial charge in [0, 0.05) is 17.8 Å². The van der Waals surface area contributed by atoms with Gasteiger partial charge in [0.05, 0.1) is 0 Å². The summed E-state index contributed by atoms with van der Waals surface area (Å²) in [5, 5.41) is 3.46. The van der Waals surface area contributed by atoms with Gasteiger partial charge in [-0.3, -0.25) is 0 Å². The van der Waals surface area contributed by atoms with Gasteiger partial charge < -0.3 is 14.8 Å². The van der Waals surface area contributed by atoms with E-state index in [9.17, 15) is 8.78 Å². The fourth-order valence-corrected chi connectivity index (χ4v) is 3.14. The molecule has 1 aliphatic heterocycles. The summed E-state index contributed by atoms with van der Waals surface area (Å²) in [5.41, 5.74) is 0.815. The predicted molar refractivity (Wildman–Crippen MR) is 72.3 cm³/mol. The number of rotatable bonds is 3. The normalized spacial score (nSPS) is 27.4. The second-order valence-electron chi connectivity index (χ2n) is 5.53. The second kappa shape index (κ2) is 5.11. The van der Waals surface area contributed by atoms with Crippen molar-refractivity contribution in [3.8, 4) is 11.5 Å². The molecule has 2 unspecified atom stereocenters.